The minimum absolute atomic E-state index is 0.277. The summed E-state index contributed by atoms with van der Waals surface area (Å²) in [7, 11) is 0. The number of anilines is 2. The molecule has 3 aromatic heterocycles. The summed E-state index contributed by atoms with van der Waals surface area (Å²) in [6.07, 6.45) is 5.29. The predicted molar refractivity (Wildman–Crippen MR) is 81.7 cm³/mol. The number of nitrogens with zero attached hydrogens (tertiary/aromatic N) is 3. The third kappa shape index (κ3) is 2.40. The summed E-state index contributed by atoms with van der Waals surface area (Å²) in [4.78, 5) is 21.8. The molecule has 0 bridgehead atoms. The lowest BCUT2D eigenvalue weighted by Crippen LogP contribution is -2.16. The van der Waals surface area contributed by atoms with Crippen LogP contribution in [0.3, 0.4) is 0 Å². The fourth-order valence-electron chi connectivity index (χ4n) is 2.07. The number of nitrogens with two attached hydrogens (primary N) is 1. The number of aromatic amines is 2. The highest BCUT2D eigenvalue weighted by atomic mass is 32.1. The highest BCUT2D eigenvalue weighted by molar-refractivity contribution is 7.19. The molecule has 3 heterocycles. The number of nitrogens with one attached hydrogen (secondary N) is 2. The average molecular weight is 302 g/mol. The zero-order valence-electron chi connectivity index (χ0n) is 11.3. The topological polar surface area (TPSA) is 104 Å². The maximum Gasteiger partial charge on any atom is 0.268 e. The van der Waals surface area contributed by atoms with Gasteiger partial charge in [0, 0.05) is 18.9 Å². The van der Waals surface area contributed by atoms with Gasteiger partial charge in [-0.1, -0.05) is 11.3 Å². The summed E-state index contributed by atoms with van der Waals surface area (Å²) >= 11 is 1.42. The SMILES string of the molecule is CCN(c1cn[nH]c1)c1nc(C(N)=O)c(-c2ccc[nH]2)s1. The molecule has 0 aliphatic carbocycles. The molecular weight excluding hydrogens is 288 g/mol. The second-order valence-electron chi connectivity index (χ2n) is 4.32. The maximum atomic E-state index is 11.6. The number of aromatic nitrogens is 4. The Labute approximate surface area is 124 Å². The Hall–Kier alpha value is -2.61. The largest absolute Gasteiger partial charge is 0.364 e. The van der Waals surface area contributed by atoms with Crippen molar-refractivity contribution < 1.29 is 4.79 Å². The fraction of sp³-hybridized carbons (Fsp3) is 0.154. The third-order valence-corrected chi connectivity index (χ3v) is 4.15. The van der Waals surface area contributed by atoms with Crippen LogP contribution in [0.2, 0.25) is 0 Å². The van der Waals surface area contributed by atoms with Gasteiger partial charge in [-0.25, -0.2) is 4.98 Å². The number of thiazole rings is 1. The molecule has 1 amide bonds. The summed E-state index contributed by atoms with van der Waals surface area (Å²) in [6.45, 7) is 2.71. The van der Waals surface area contributed by atoms with Gasteiger partial charge in [0.25, 0.3) is 5.91 Å². The van der Waals surface area contributed by atoms with Crippen LogP contribution in [0.25, 0.3) is 10.6 Å². The van der Waals surface area contributed by atoms with E-state index in [0.29, 0.717) is 11.7 Å². The van der Waals surface area contributed by atoms with E-state index in [1.165, 1.54) is 11.3 Å². The maximum absolute atomic E-state index is 11.6. The highest BCUT2D eigenvalue weighted by Crippen LogP contribution is 2.36. The fourth-order valence-corrected chi connectivity index (χ4v) is 3.21. The van der Waals surface area contributed by atoms with Crippen LogP contribution in [0.1, 0.15) is 17.4 Å². The van der Waals surface area contributed by atoms with Crippen molar-refractivity contribution in [3.8, 4) is 10.6 Å². The molecule has 0 unspecified atom stereocenters. The molecule has 4 N–H and O–H groups in total. The third-order valence-electron chi connectivity index (χ3n) is 3.03. The number of rotatable bonds is 5. The first-order chi connectivity index (χ1) is 10.2. The molecule has 0 aromatic carbocycles. The van der Waals surface area contributed by atoms with E-state index in [2.05, 4.69) is 20.2 Å². The minimum atomic E-state index is -0.537. The van der Waals surface area contributed by atoms with Crippen LogP contribution in [0.4, 0.5) is 10.8 Å². The molecule has 0 fully saturated rings. The van der Waals surface area contributed by atoms with Crippen LogP contribution >= 0.6 is 11.3 Å². The van der Waals surface area contributed by atoms with Gasteiger partial charge in [0.15, 0.2) is 10.8 Å². The lowest BCUT2D eigenvalue weighted by molar-refractivity contribution is 0.0997. The molecule has 0 atom stereocenters. The molecule has 3 rings (SSSR count). The summed E-state index contributed by atoms with van der Waals surface area (Å²) in [5.74, 6) is -0.537. The van der Waals surface area contributed by atoms with Crippen LogP contribution < -0.4 is 10.6 Å². The minimum Gasteiger partial charge on any atom is -0.364 e. The molecule has 0 spiro atoms. The molecule has 21 heavy (non-hydrogen) atoms. The van der Waals surface area contributed by atoms with Crippen molar-refractivity contribution in [3.05, 3.63) is 36.4 Å². The lowest BCUT2D eigenvalue weighted by atomic mass is 10.3. The smallest absolute Gasteiger partial charge is 0.268 e. The normalized spacial score (nSPS) is 10.7. The number of hydrogen-bond acceptors (Lipinski definition) is 5. The van der Waals surface area contributed by atoms with Crippen molar-refractivity contribution in [2.24, 2.45) is 5.73 Å². The molecule has 108 valence electrons. The van der Waals surface area contributed by atoms with Gasteiger partial charge in [0.1, 0.15) is 0 Å². The van der Waals surface area contributed by atoms with Crippen LogP contribution in [0, 0.1) is 0 Å². The van der Waals surface area contributed by atoms with Crippen molar-refractivity contribution >= 4 is 28.1 Å². The second kappa shape index (κ2) is 5.41. The molecular formula is C13H14N6OS. The number of carbonyl (C=O) groups excluding carboxylic acids is 1. The van der Waals surface area contributed by atoms with Crippen LogP contribution in [0.5, 0.6) is 0 Å². The van der Waals surface area contributed by atoms with Gasteiger partial charge >= 0.3 is 0 Å². The van der Waals surface area contributed by atoms with Crippen molar-refractivity contribution in [1.29, 1.82) is 0 Å². The van der Waals surface area contributed by atoms with E-state index in [4.69, 9.17) is 5.73 Å². The van der Waals surface area contributed by atoms with E-state index in [9.17, 15) is 4.79 Å². The zero-order chi connectivity index (χ0) is 14.8. The number of primary amides is 1. The Kier molecular flexibility index (Phi) is 3.44. The van der Waals surface area contributed by atoms with E-state index in [-0.39, 0.29) is 5.69 Å². The number of carbonyl (C=O) groups is 1. The van der Waals surface area contributed by atoms with Gasteiger partial charge in [-0.15, -0.1) is 0 Å². The summed E-state index contributed by atoms with van der Waals surface area (Å²) < 4.78 is 0. The van der Waals surface area contributed by atoms with E-state index in [0.717, 1.165) is 16.3 Å². The van der Waals surface area contributed by atoms with Gasteiger partial charge in [0.05, 0.1) is 22.5 Å². The molecule has 0 saturated carbocycles. The van der Waals surface area contributed by atoms with E-state index < -0.39 is 5.91 Å². The summed E-state index contributed by atoms with van der Waals surface area (Å²) in [6, 6.07) is 3.75. The van der Waals surface area contributed by atoms with Crippen LogP contribution in [-0.2, 0) is 0 Å². The Balaban J connectivity index is 2.08. The van der Waals surface area contributed by atoms with Crippen molar-refractivity contribution in [2.45, 2.75) is 6.92 Å². The number of amides is 1. The zero-order valence-corrected chi connectivity index (χ0v) is 12.1. The van der Waals surface area contributed by atoms with E-state index >= 15 is 0 Å². The standard InChI is InChI=1S/C13H14N6OS/c1-2-19(8-6-16-17-7-8)13-18-10(12(14)20)11(21-13)9-4-3-5-15-9/h3-7,15H,2H2,1H3,(H2,14,20)(H,16,17). The summed E-state index contributed by atoms with van der Waals surface area (Å²) in [5.41, 5.74) is 7.44. The van der Waals surface area contributed by atoms with Crippen LogP contribution in [0.15, 0.2) is 30.7 Å². The molecule has 3 aromatic rings. The second-order valence-corrected chi connectivity index (χ2v) is 5.30. The van der Waals surface area contributed by atoms with Crippen LogP contribution in [-0.4, -0.2) is 32.6 Å². The van der Waals surface area contributed by atoms with Crippen molar-refractivity contribution in [1.82, 2.24) is 20.2 Å². The number of H-pyrrole nitrogens is 2. The van der Waals surface area contributed by atoms with Gasteiger partial charge in [0.2, 0.25) is 0 Å². The van der Waals surface area contributed by atoms with Crippen molar-refractivity contribution in [3.63, 3.8) is 0 Å². The van der Waals surface area contributed by atoms with E-state index in [1.54, 1.807) is 18.6 Å². The Morgan fingerprint density at radius 3 is 2.95 bits per heavy atom. The average Bonchev–Trinajstić information content (AvgIpc) is 3.21. The van der Waals surface area contributed by atoms with Gasteiger partial charge in [-0.05, 0) is 19.1 Å². The molecule has 0 saturated heterocycles. The van der Waals surface area contributed by atoms with Gasteiger partial charge in [-0.3, -0.25) is 9.89 Å². The molecule has 0 aliphatic heterocycles. The summed E-state index contributed by atoms with van der Waals surface area (Å²) in [5, 5.41) is 7.42. The van der Waals surface area contributed by atoms with E-state index in [1.807, 2.05) is 24.0 Å². The van der Waals surface area contributed by atoms with Gasteiger partial charge in [-0.2, -0.15) is 5.10 Å². The molecule has 8 heteroatoms. The Bertz CT molecular complexity index is 731. The number of hydrogen-bond donors (Lipinski definition) is 3. The first kappa shape index (κ1) is 13.4. The monoisotopic (exact) mass is 302 g/mol. The molecule has 7 nitrogen and oxygen atoms in total. The first-order valence-corrected chi connectivity index (χ1v) is 7.23. The molecule has 0 radical (unpaired) electrons. The predicted octanol–water partition coefficient (Wildman–Crippen LogP) is 2.12. The lowest BCUT2D eigenvalue weighted by Gasteiger charge is -2.16. The molecule has 0 aliphatic rings. The van der Waals surface area contributed by atoms with Crippen molar-refractivity contribution in [2.75, 3.05) is 11.4 Å². The Morgan fingerprint density at radius 2 is 2.38 bits per heavy atom. The Morgan fingerprint density at radius 1 is 1.52 bits per heavy atom. The quantitative estimate of drug-likeness (QED) is 0.671. The highest BCUT2D eigenvalue weighted by Gasteiger charge is 2.21. The van der Waals surface area contributed by atoms with Gasteiger partial charge < -0.3 is 15.6 Å². The first-order valence-electron chi connectivity index (χ1n) is 6.41.